The van der Waals surface area contributed by atoms with Crippen LogP contribution in [0.15, 0.2) is 156 Å². The Kier molecular flexibility index (Phi) is 5.60. The molecule has 0 fully saturated rings. The number of anilines is 1. The van der Waals surface area contributed by atoms with Gasteiger partial charge in [0.2, 0.25) is 0 Å². The predicted molar refractivity (Wildman–Crippen MR) is 148 cm³/mol. The quantitative estimate of drug-likeness (QED) is 0.321. The Morgan fingerprint density at radius 2 is 1.21 bits per heavy atom. The van der Waals surface area contributed by atoms with Crippen molar-refractivity contribution in [2.45, 2.75) is 0 Å². The van der Waals surface area contributed by atoms with E-state index in [1.54, 1.807) is 9.91 Å². The van der Waals surface area contributed by atoms with Gasteiger partial charge in [0.15, 0.2) is 11.4 Å². The van der Waals surface area contributed by atoms with Gasteiger partial charge in [0, 0.05) is 4.80 Å². The largest absolute Gasteiger partial charge is 0.335 e. The van der Waals surface area contributed by atoms with E-state index in [0.717, 1.165) is 45.5 Å². The molecular weight excluding hydrogens is 484 g/mol. The average Bonchev–Trinajstić information content (AvgIpc) is 3.77. The van der Waals surface area contributed by atoms with Crippen molar-refractivity contribution in [1.82, 2.24) is 20.5 Å². The zero-order chi connectivity index (χ0) is 26.0. The number of hydrazine groups is 1. The molecule has 4 aromatic carbocycles. The van der Waals surface area contributed by atoms with Gasteiger partial charge in [0.05, 0.1) is 26.7 Å². The minimum atomic E-state index is 0.734. The van der Waals surface area contributed by atoms with Crippen LogP contribution in [-0.4, -0.2) is 19.8 Å². The number of allylic oxidation sites excluding steroid dienone is 5. The normalized spacial score (nSPS) is 16.3. The van der Waals surface area contributed by atoms with E-state index < -0.39 is 0 Å². The van der Waals surface area contributed by atoms with Gasteiger partial charge in [-0.15, -0.1) is 10.1 Å². The highest BCUT2D eigenvalue weighted by atomic mass is 15.8. The molecule has 1 N–H and O–H groups in total. The average molecular weight is 509 g/mol. The first-order valence-corrected chi connectivity index (χ1v) is 12.7. The van der Waals surface area contributed by atoms with Crippen LogP contribution in [0.4, 0.5) is 11.4 Å². The molecule has 0 spiro atoms. The summed E-state index contributed by atoms with van der Waals surface area (Å²) in [6, 6.07) is 40.1. The lowest BCUT2D eigenvalue weighted by Gasteiger charge is -2.03. The summed E-state index contributed by atoms with van der Waals surface area (Å²) in [7, 11) is 0. The van der Waals surface area contributed by atoms with Crippen LogP contribution in [-0.2, 0) is 0 Å². The van der Waals surface area contributed by atoms with Gasteiger partial charge in [-0.05, 0) is 71.9 Å². The molecule has 39 heavy (non-hydrogen) atoms. The van der Waals surface area contributed by atoms with Crippen LogP contribution >= 0.6 is 0 Å². The number of nitrogens with zero attached hydrogens (tertiary/aromatic N) is 7. The molecule has 1 aliphatic carbocycles. The van der Waals surface area contributed by atoms with Crippen LogP contribution in [0.3, 0.4) is 0 Å². The molecule has 8 nitrogen and oxygen atoms in total. The molecule has 0 saturated heterocycles. The Morgan fingerprint density at radius 3 is 1.87 bits per heavy atom. The van der Waals surface area contributed by atoms with Crippen molar-refractivity contribution in [2.75, 3.05) is 5.12 Å². The Morgan fingerprint density at radius 1 is 0.615 bits per heavy atom. The zero-order valence-electron chi connectivity index (χ0n) is 20.9. The molecule has 0 saturated carbocycles. The number of benzene rings is 4. The topological polar surface area (TPSA) is 65.2 Å². The second-order valence-corrected chi connectivity index (χ2v) is 9.02. The third-order valence-corrected chi connectivity index (χ3v) is 6.44. The monoisotopic (exact) mass is 508 g/mol. The summed E-state index contributed by atoms with van der Waals surface area (Å²) in [6.45, 7) is 0. The summed E-state index contributed by atoms with van der Waals surface area (Å²) < 4.78 is 3.78. The lowest BCUT2D eigenvalue weighted by molar-refractivity contribution is -0.663. The van der Waals surface area contributed by atoms with E-state index in [-0.39, 0.29) is 0 Å². The van der Waals surface area contributed by atoms with Crippen LogP contribution in [0.5, 0.6) is 0 Å². The number of tetrazole rings is 1. The van der Waals surface area contributed by atoms with Crippen molar-refractivity contribution in [3.8, 4) is 11.4 Å². The highest BCUT2D eigenvalue weighted by Gasteiger charge is 2.34. The van der Waals surface area contributed by atoms with E-state index in [1.165, 1.54) is 0 Å². The van der Waals surface area contributed by atoms with Gasteiger partial charge in [-0.25, -0.2) is 0 Å². The molecule has 7 rings (SSSR count). The molecule has 8 heteroatoms. The fourth-order valence-electron chi connectivity index (χ4n) is 4.53. The summed E-state index contributed by atoms with van der Waals surface area (Å²) in [5.74, 6) is 1.58. The zero-order valence-corrected chi connectivity index (χ0v) is 20.9. The number of rotatable bonds is 5. The molecule has 5 aromatic rings. The first kappa shape index (κ1) is 22.6. The van der Waals surface area contributed by atoms with Crippen molar-refractivity contribution in [2.24, 2.45) is 5.22 Å². The fraction of sp³-hybridized carbons (Fsp3) is 0. The smallest absolute Gasteiger partial charge is 0.131 e. The molecule has 1 aromatic heterocycles. The summed E-state index contributed by atoms with van der Waals surface area (Å²) >= 11 is 0. The number of hydrogen-bond donors (Lipinski definition) is 1. The van der Waals surface area contributed by atoms with Gasteiger partial charge in [-0.1, -0.05) is 77.5 Å². The van der Waals surface area contributed by atoms with Gasteiger partial charge in [0.1, 0.15) is 11.4 Å². The number of hydrogen-bond acceptors (Lipinski definition) is 5. The maximum absolute atomic E-state index is 4.90. The Bertz CT molecular complexity index is 1750. The molecule has 0 bridgehead atoms. The first-order chi connectivity index (χ1) is 19.3. The van der Waals surface area contributed by atoms with Gasteiger partial charge >= 0.3 is 5.82 Å². The Labute approximate surface area is 225 Å². The summed E-state index contributed by atoms with van der Waals surface area (Å²) in [4.78, 5) is 1.67. The Balaban J connectivity index is 1.33. The maximum atomic E-state index is 4.90. The van der Waals surface area contributed by atoms with Crippen LogP contribution in [0.25, 0.3) is 16.9 Å². The van der Waals surface area contributed by atoms with Crippen LogP contribution in [0.2, 0.25) is 0 Å². The standard InChI is InChI=1S/C31H24N8/c1-5-13-26(14-6-1)36-30(32-38(34-36)28-17-9-3-10-18-28)24-21-22-25(23-24)31-33-39(29-19-11-4-12-20-29)35-37(31)27-15-7-2-8-16-27/h1-23H,(H,32,34)/q+2. The Hall–Kier alpha value is -5.63. The summed E-state index contributed by atoms with van der Waals surface area (Å²) in [5, 5.41) is 16.3. The van der Waals surface area contributed by atoms with Crippen molar-refractivity contribution < 1.29 is 9.38 Å². The van der Waals surface area contributed by atoms with E-state index in [0.29, 0.717) is 0 Å². The number of aromatic nitrogens is 4. The van der Waals surface area contributed by atoms with Gasteiger partial charge < -0.3 is 0 Å². The first-order valence-electron chi connectivity index (χ1n) is 12.7. The van der Waals surface area contributed by atoms with Crippen molar-refractivity contribution >= 4 is 16.9 Å². The van der Waals surface area contributed by atoms with Crippen LogP contribution in [0, 0.1) is 0 Å². The second kappa shape index (κ2) is 9.68. The van der Waals surface area contributed by atoms with Crippen LogP contribution in [0.1, 0.15) is 5.82 Å². The minimum Gasteiger partial charge on any atom is -0.131 e. The molecule has 1 aliphatic heterocycles. The second-order valence-electron chi connectivity index (χ2n) is 9.02. The van der Waals surface area contributed by atoms with Gasteiger partial charge in [-0.3, -0.25) is 0 Å². The molecular formula is C31H24N8+2. The lowest BCUT2D eigenvalue weighted by atomic mass is 10.2. The SMILES string of the molecule is C1=C/C(=C2/NN(c3ccccc3)N=[N+]2c2ccccc2)C=C1c1nn(-c2ccccc2)n[n+]1-c1ccccc1. The summed E-state index contributed by atoms with van der Waals surface area (Å²) in [6.07, 6.45) is 6.26. The van der Waals surface area contributed by atoms with E-state index >= 15 is 0 Å². The lowest BCUT2D eigenvalue weighted by Crippen LogP contribution is -2.37. The molecule has 186 valence electrons. The van der Waals surface area contributed by atoms with E-state index in [2.05, 4.69) is 23.7 Å². The third-order valence-electron chi connectivity index (χ3n) is 6.44. The number of para-hydroxylation sites is 4. The molecule has 0 amide bonds. The highest BCUT2D eigenvalue weighted by Crippen LogP contribution is 2.30. The van der Waals surface area contributed by atoms with Crippen molar-refractivity contribution in [3.05, 3.63) is 157 Å². The van der Waals surface area contributed by atoms with Gasteiger partial charge in [0.25, 0.3) is 5.82 Å². The van der Waals surface area contributed by atoms with Crippen molar-refractivity contribution in [3.63, 3.8) is 0 Å². The van der Waals surface area contributed by atoms with Crippen LogP contribution < -0.4 is 15.2 Å². The highest BCUT2D eigenvalue weighted by molar-refractivity contribution is 5.77. The molecule has 2 aliphatic rings. The third kappa shape index (κ3) is 4.30. The maximum Gasteiger partial charge on any atom is 0.335 e. The molecule has 0 radical (unpaired) electrons. The molecule has 0 unspecified atom stereocenters. The van der Waals surface area contributed by atoms with E-state index in [1.807, 2.05) is 131 Å². The summed E-state index contributed by atoms with van der Waals surface area (Å²) in [5.41, 5.74) is 9.10. The molecule has 2 heterocycles. The van der Waals surface area contributed by atoms with Crippen molar-refractivity contribution in [1.29, 1.82) is 0 Å². The fourth-order valence-corrected chi connectivity index (χ4v) is 4.53. The minimum absolute atomic E-state index is 0.734. The van der Waals surface area contributed by atoms with E-state index in [9.17, 15) is 0 Å². The van der Waals surface area contributed by atoms with E-state index in [4.69, 9.17) is 15.5 Å². The predicted octanol–water partition coefficient (Wildman–Crippen LogP) is 5.45. The van der Waals surface area contributed by atoms with Gasteiger partial charge in [-0.2, -0.15) is 0 Å². The molecule has 0 atom stereocenters. The number of nitrogens with one attached hydrogen (secondary N) is 1.